The van der Waals surface area contributed by atoms with Gasteiger partial charge in [-0.3, -0.25) is 0 Å². The molecule has 0 aromatic carbocycles. The summed E-state index contributed by atoms with van der Waals surface area (Å²) in [6, 6.07) is -0.00776. The molecule has 0 spiro atoms. The van der Waals surface area contributed by atoms with Gasteiger partial charge in [-0.05, 0) is 12.2 Å². The van der Waals surface area contributed by atoms with E-state index in [1.807, 2.05) is 11.8 Å². The Bertz CT molecular complexity index is 281. The number of ether oxygens (including phenoxy) is 1. The minimum Gasteiger partial charge on any atom is -0.479 e. The summed E-state index contributed by atoms with van der Waals surface area (Å²) in [4.78, 5) is 24.0. The van der Waals surface area contributed by atoms with Crippen molar-refractivity contribution in [3.63, 3.8) is 0 Å². The Kier molecular flexibility index (Phi) is 5.57. The number of carboxylic acids is 1. The van der Waals surface area contributed by atoms with Crippen LogP contribution in [0.25, 0.3) is 0 Å². The summed E-state index contributed by atoms with van der Waals surface area (Å²) >= 11 is 1.82. The van der Waals surface area contributed by atoms with E-state index in [1.165, 1.54) is 7.11 Å². The third-order valence-corrected chi connectivity index (χ3v) is 3.92. The van der Waals surface area contributed by atoms with Crippen molar-refractivity contribution in [1.82, 2.24) is 10.2 Å². The number of carbonyl (C=O) groups excluding carboxylic acids is 1. The van der Waals surface area contributed by atoms with E-state index in [4.69, 9.17) is 9.84 Å². The van der Waals surface area contributed by atoms with Gasteiger partial charge in [0.15, 0.2) is 6.10 Å². The lowest BCUT2D eigenvalue weighted by molar-refractivity contribution is -0.148. The Morgan fingerprint density at radius 1 is 1.65 bits per heavy atom. The highest BCUT2D eigenvalue weighted by Crippen LogP contribution is 2.21. The average molecular weight is 262 g/mol. The smallest absolute Gasteiger partial charge is 0.334 e. The molecule has 0 aromatic heterocycles. The fourth-order valence-corrected chi connectivity index (χ4v) is 2.84. The lowest BCUT2D eigenvalue weighted by atomic mass is 10.2. The monoisotopic (exact) mass is 262 g/mol. The minimum absolute atomic E-state index is 0.0190. The van der Waals surface area contributed by atoms with Crippen molar-refractivity contribution in [3.8, 4) is 0 Å². The van der Waals surface area contributed by atoms with E-state index in [0.717, 1.165) is 17.9 Å². The van der Waals surface area contributed by atoms with Crippen molar-refractivity contribution in [2.45, 2.75) is 18.6 Å². The number of aliphatic carboxylic acids is 1. The Labute approximate surface area is 105 Å². The molecule has 1 heterocycles. The van der Waals surface area contributed by atoms with Crippen molar-refractivity contribution in [1.29, 1.82) is 0 Å². The summed E-state index contributed by atoms with van der Waals surface area (Å²) in [5.41, 5.74) is 0. The maximum atomic E-state index is 11.7. The van der Waals surface area contributed by atoms with Gasteiger partial charge in [-0.25, -0.2) is 9.59 Å². The second-order valence-electron chi connectivity index (χ2n) is 3.88. The predicted octanol–water partition coefficient (Wildman–Crippen LogP) is 0.233. The molecular formula is C10H18N2O4S. The molecule has 1 saturated heterocycles. The molecule has 0 saturated carbocycles. The largest absolute Gasteiger partial charge is 0.479 e. The molecule has 1 aliphatic heterocycles. The molecule has 98 valence electrons. The number of thioether (sulfide) groups is 1. The normalized spacial score (nSPS) is 20.9. The third kappa shape index (κ3) is 4.08. The molecule has 0 aliphatic carbocycles. The molecule has 1 fully saturated rings. The zero-order valence-electron chi connectivity index (χ0n) is 10.0. The minimum atomic E-state index is -1.08. The summed E-state index contributed by atoms with van der Waals surface area (Å²) in [5, 5.41) is 11.3. The van der Waals surface area contributed by atoms with Crippen LogP contribution in [0.4, 0.5) is 4.79 Å². The first-order valence-electron chi connectivity index (χ1n) is 5.40. The number of rotatable bonds is 5. The standard InChI is InChI=1S/C10H18N2O4S/c1-12(7-3-4-17-6-7)10(15)11-5-8(16-2)9(13)14/h7-8H,3-6H2,1-2H3,(H,11,15)(H,13,14). The zero-order valence-corrected chi connectivity index (χ0v) is 10.8. The first kappa shape index (κ1) is 14.1. The first-order valence-corrected chi connectivity index (χ1v) is 6.55. The average Bonchev–Trinajstić information content (AvgIpc) is 2.81. The zero-order chi connectivity index (χ0) is 12.8. The number of nitrogens with zero attached hydrogens (tertiary/aromatic N) is 1. The van der Waals surface area contributed by atoms with E-state index in [2.05, 4.69) is 5.32 Å². The highest BCUT2D eigenvalue weighted by Gasteiger charge is 2.25. The maximum absolute atomic E-state index is 11.7. The Hall–Kier alpha value is -0.950. The van der Waals surface area contributed by atoms with Crippen molar-refractivity contribution in [3.05, 3.63) is 0 Å². The van der Waals surface area contributed by atoms with Gasteiger partial charge in [0.2, 0.25) is 0 Å². The van der Waals surface area contributed by atoms with E-state index in [9.17, 15) is 9.59 Å². The number of nitrogens with one attached hydrogen (secondary N) is 1. The van der Waals surface area contributed by atoms with Crippen LogP contribution in [0.2, 0.25) is 0 Å². The van der Waals surface area contributed by atoms with Crippen molar-refractivity contribution in [2.75, 3.05) is 32.2 Å². The molecule has 6 nitrogen and oxygen atoms in total. The van der Waals surface area contributed by atoms with Gasteiger partial charge in [0.05, 0.1) is 6.54 Å². The number of urea groups is 1. The number of amides is 2. The number of hydrogen-bond acceptors (Lipinski definition) is 4. The number of methoxy groups -OCH3 is 1. The van der Waals surface area contributed by atoms with Gasteiger partial charge in [-0.15, -0.1) is 0 Å². The van der Waals surface area contributed by atoms with Gasteiger partial charge in [0.1, 0.15) is 0 Å². The molecule has 2 unspecified atom stereocenters. The van der Waals surface area contributed by atoms with E-state index < -0.39 is 12.1 Å². The van der Waals surface area contributed by atoms with Crippen LogP contribution in [-0.4, -0.2) is 66.4 Å². The quantitative estimate of drug-likeness (QED) is 0.741. The highest BCUT2D eigenvalue weighted by molar-refractivity contribution is 7.99. The van der Waals surface area contributed by atoms with Gasteiger partial charge >= 0.3 is 12.0 Å². The predicted molar refractivity (Wildman–Crippen MR) is 65.3 cm³/mol. The second-order valence-corrected chi connectivity index (χ2v) is 5.03. The third-order valence-electron chi connectivity index (χ3n) is 2.77. The number of hydrogen-bond donors (Lipinski definition) is 2. The Balaban J connectivity index is 2.35. The summed E-state index contributed by atoms with van der Waals surface area (Å²) < 4.78 is 4.73. The van der Waals surface area contributed by atoms with Gasteiger partial charge in [-0.2, -0.15) is 11.8 Å². The summed E-state index contributed by atoms with van der Waals surface area (Å²) in [5.74, 6) is 0.932. The molecule has 0 radical (unpaired) electrons. The van der Waals surface area contributed by atoms with E-state index in [1.54, 1.807) is 11.9 Å². The highest BCUT2D eigenvalue weighted by atomic mass is 32.2. The number of carbonyl (C=O) groups is 2. The molecule has 1 rings (SSSR count). The van der Waals surface area contributed by atoms with Crippen LogP contribution < -0.4 is 5.32 Å². The lowest BCUT2D eigenvalue weighted by Crippen LogP contribution is -2.47. The molecule has 0 bridgehead atoms. The van der Waals surface area contributed by atoms with Crippen molar-refractivity contribution >= 4 is 23.8 Å². The molecule has 2 atom stereocenters. The molecular weight excluding hydrogens is 244 g/mol. The van der Waals surface area contributed by atoms with E-state index in [0.29, 0.717) is 0 Å². The van der Waals surface area contributed by atoms with Gasteiger partial charge < -0.3 is 20.1 Å². The molecule has 0 aromatic rings. The van der Waals surface area contributed by atoms with Gasteiger partial charge in [0.25, 0.3) is 0 Å². The van der Waals surface area contributed by atoms with Crippen LogP contribution in [0, 0.1) is 0 Å². The van der Waals surface area contributed by atoms with E-state index >= 15 is 0 Å². The van der Waals surface area contributed by atoms with Gasteiger partial charge in [0, 0.05) is 26.0 Å². The SMILES string of the molecule is COC(CNC(=O)N(C)C1CCSC1)C(=O)O. The summed E-state index contributed by atoms with van der Waals surface area (Å²) in [6.07, 6.45) is -0.00776. The fraction of sp³-hybridized carbons (Fsp3) is 0.800. The van der Waals surface area contributed by atoms with Crippen LogP contribution in [0.1, 0.15) is 6.42 Å². The first-order chi connectivity index (χ1) is 8.06. The molecule has 2 N–H and O–H groups in total. The van der Waals surface area contributed by atoms with Crippen LogP contribution in [0.5, 0.6) is 0 Å². The Morgan fingerprint density at radius 3 is 2.82 bits per heavy atom. The van der Waals surface area contributed by atoms with Crippen LogP contribution in [-0.2, 0) is 9.53 Å². The fourth-order valence-electron chi connectivity index (χ4n) is 1.57. The Morgan fingerprint density at radius 2 is 2.35 bits per heavy atom. The molecule has 17 heavy (non-hydrogen) atoms. The lowest BCUT2D eigenvalue weighted by Gasteiger charge is -2.24. The van der Waals surface area contributed by atoms with Crippen LogP contribution in [0.15, 0.2) is 0 Å². The van der Waals surface area contributed by atoms with E-state index in [-0.39, 0.29) is 18.6 Å². The summed E-state index contributed by atoms with van der Waals surface area (Å²) in [6.45, 7) is -0.0190. The van der Waals surface area contributed by atoms with Crippen LogP contribution in [0.3, 0.4) is 0 Å². The van der Waals surface area contributed by atoms with Crippen molar-refractivity contribution < 1.29 is 19.4 Å². The second kappa shape index (κ2) is 6.70. The molecule has 1 aliphatic rings. The molecule has 7 heteroatoms. The maximum Gasteiger partial charge on any atom is 0.334 e. The topological polar surface area (TPSA) is 78.9 Å². The van der Waals surface area contributed by atoms with Gasteiger partial charge in [-0.1, -0.05) is 0 Å². The summed E-state index contributed by atoms with van der Waals surface area (Å²) in [7, 11) is 3.04. The van der Waals surface area contributed by atoms with Crippen LogP contribution >= 0.6 is 11.8 Å². The van der Waals surface area contributed by atoms with Crippen molar-refractivity contribution in [2.24, 2.45) is 0 Å². The number of carboxylic acid groups (broad SMARTS) is 1. The molecule has 2 amide bonds.